The van der Waals surface area contributed by atoms with E-state index in [1.54, 1.807) is 29.5 Å². The predicted octanol–water partition coefficient (Wildman–Crippen LogP) is 4.84. The third kappa shape index (κ3) is 5.15. The average molecular weight is 420 g/mol. The first kappa shape index (κ1) is 19.5. The highest BCUT2D eigenvalue weighted by Crippen LogP contribution is 2.26. The molecule has 0 radical (unpaired) electrons. The van der Waals surface area contributed by atoms with Crippen molar-refractivity contribution in [1.29, 1.82) is 0 Å². The number of rotatable bonds is 6. The monoisotopic (exact) mass is 419 g/mol. The van der Waals surface area contributed by atoms with Gasteiger partial charge in [0.2, 0.25) is 5.91 Å². The molecule has 27 heavy (non-hydrogen) atoms. The molecule has 0 saturated carbocycles. The van der Waals surface area contributed by atoms with Crippen LogP contribution in [0.2, 0.25) is 5.02 Å². The van der Waals surface area contributed by atoms with Crippen molar-refractivity contribution >= 4 is 51.8 Å². The quantitative estimate of drug-likeness (QED) is 0.600. The lowest BCUT2D eigenvalue weighted by Gasteiger charge is -2.13. The minimum atomic E-state index is -0.259. The molecule has 5 nitrogen and oxygen atoms in total. The molecule has 2 N–H and O–H groups in total. The number of halogens is 1. The van der Waals surface area contributed by atoms with Crippen molar-refractivity contribution in [2.24, 2.45) is 0 Å². The second-order valence-corrected chi connectivity index (χ2v) is 8.27. The van der Waals surface area contributed by atoms with E-state index in [-0.39, 0.29) is 24.3 Å². The summed E-state index contributed by atoms with van der Waals surface area (Å²) in [4.78, 5) is 29.3. The molecule has 0 atom stereocenters. The Morgan fingerprint density at radius 3 is 2.74 bits per heavy atom. The van der Waals surface area contributed by atoms with Gasteiger partial charge in [-0.2, -0.15) is 11.3 Å². The molecule has 0 aliphatic rings. The van der Waals surface area contributed by atoms with E-state index < -0.39 is 0 Å². The Morgan fingerprint density at radius 1 is 1.22 bits per heavy atom. The standard InChI is InChI=1S/C19H18ClN3O2S2/c1-11(2)21-18(25)15-4-3-13(20)7-16(15)23-17(24)8-14-10-27-19(22-14)12-5-6-26-9-12/h3-7,9-11H,8H2,1-2H3,(H,21,25)(H,23,24). The van der Waals surface area contributed by atoms with Crippen LogP contribution in [0.25, 0.3) is 10.6 Å². The van der Waals surface area contributed by atoms with Gasteiger partial charge in [-0.1, -0.05) is 11.6 Å². The van der Waals surface area contributed by atoms with Crippen LogP contribution in [0, 0.1) is 0 Å². The van der Waals surface area contributed by atoms with Crippen LogP contribution < -0.4 is 10.6 Å². The van der Waals surface area contributed by atoms with Crippen molar-refractivity contribution in [3.63, 3.8) is 0 Å². The SMILES string of the molecule is CC(C)NC(=O)c1ccc(Cl)cc1NC(=O)Cc1csc(-c2ccsc2)n1. The van der Waals surface area contributed by atoms with E-state index in [1.165, 1.54) is 11.3 Å². The Balaban J connectivity index is 1.72. The summed E-state index contributed by atoms with van der Waals surface area (Å²) in [6, 6.07) is 6.79. The normalized spacial score (nSPS) is 10.8. The fourth-order valence-corrected chi connectivity index (χ4v) is 4.13. The summed E-state index contributed by atoms with van der Waals surface area (Å²) in [6.07, 6.45) is 0.123. The molecule has 3 rings (SSSR count). The number of nitrogens with zero attached hydrogens (tertiary/aromatic N) is 1. The van der Waals surface area contributed by atoms with E-state index >= 15 is 0 Å². The molecule has 140 valence electrons. The first-order valence-corrected chi connectivity index (χ1v) is 10.5. The molecule has 2 heterocycles. The first-order valence-electron chi connectivity index (χ1n) is 8.29. The van der Waals surface area contributed by atoms with Crippen molar-refractivity contribution in [2.45, 2.75) is 26.3 Å². The maximum Gasteiger partial charge on any atom is 0.253 e. The summed E-state index contributed by atoms with van der Waals surface area (Å²) in [6.45, 7) is 3.75. The number of anilines is 1. The van der Waals surface area contributed by atoms with E-state index in [0.29, 0.717) is 22.0 Å². The van der Waals surface area contributed by atoms with Crippen LogP contribution in [0.4, 0.5) is 5.69 Å². The summed E-state index contributed by atoms with van der Waals surface area (Å²) >= 11 is 9.15. The Hall–Kier alpha value is -2.22. The van der Waals surface area contributed by atoms with Gasteiger partial charge in [-0.25, -0.2) is 4.98 Å². The Kier molecular flexibility index (Phi) is 6.26. The van der Waals surface area contributed by atoms with Crippen LogP contribution in [0.1, 0.15) is 29.9 Å². The van der Waals surface area contributed by atoms with E-state index in [0.717, 1.165) is 10.6 Å². The molecule has 2 amide bonds. The first-order chi connectivity index (χ1) is 12.9. The van der Waals surface area contributed by atoms with Crippen LogP contribution in [-0.4, -0.2) is 22.8 Å². The summed E-state index contributed by atoms with van der Waals surface area (Å²) in [7, 11) is 0. The summed E-state index contributed by atoms with van der Waals surface area (Å²) in [5.41, 5.74) is 2.51. The van der Waals surface area contributed by atoms with Gasteiger partial charge >= 0.3 is 0 Å². The molecule has 0 fully saturated rings. The third-order valence-corrected chi connectivity index (χ3v) is 5.44. The van der Waals surface area contributed by atoms with E-state index in [2.05, 4.69) is 15.6 Å². The van der Waals surface area contributed by atoms with E-state index in [1.807, 2.05) is 36.1 Å². The largest absolute Gasteiger partial charge is 0.350 e. The Bertz CT molecular complexity index is 952. The molecule has 0 bridgehead atoms. The highest BCUT2D eigenvalue weighted by molar-refractivity contribution is 7.14. The molecule has 3 aromatic rings. The molecular formula is C19H18ClN3O2S2. The van der Waals surface area contributed by atoms with Crippen molar-refractivity contribution in [2.75, 3.05) is 5.32 Å². The zero-order chi connectivity index (χ0) is 19.4. The van der Waals surface area contributed by atoms with Crippen LogP contribution >= 0.6 is 34.3 Å². The average Bonchev–Trinajstić information content (AvgIpc) is 3.25. The lowest BCUT2D eigenvalue weighted by Crippen LogP contribution is -2.31. The lowest BCUT2D eigenvalue weighted by atomic mass is 10.1. The second kappa shape index (κ2) is 8.65. The number of carbonyl (C=O) groups excluding carboxylic acids is 2. The number of hydrogen-bond donors (Lipinski definition) is 2. The highest BCUT2D eigenvalue weighted by Gasteiger charge is 2.16. The molecule has 0 saturated heterocycles. The van der Waals surface area contributed by atoms with Gasteiger partial charge in [0.25, 0.3) is 5.91 Å². The van der Waals surface area contributed by atoms with Crippen molar-refractivity contribution < 1.29 is 9.59 Å². The molecule has 2 aromatic heterocycles. The summed E-state index contributed by atoms with van der Waals surface area (Å²) in [5, 5.41) is 12.8. The van der Waals surface area contributed by atoms with Gasteiger partial charge in [0.1, 0.15) is 5.01 Å². The molecule has 0 unspecified atom stereocenters. The van der Waals surface area contributed by atoms with Gasteiger partial charge in [-0.05, 0) is 43.5 Å². The van der Waals surface area contributed by atoms with Gasteiger partial charge in [-0.15, -0.1) is 11.3 Å². The molecule has 0 aliphatic heterocycles. The number of benzene rings is 1. The summed E-state index contributed by atoms with van der Waals surface area (Å²) in [5.74, 6) is -0.511. The Morgan fingerprint density at radius 2 is 2.04 bits per heavy atom. The van der Waals surface area contributed by atoms with Gasteiger partial charge in [0, 0.05) is 27.4 Å². The maximum atomic E-state index is 12.5. The van der Waals surface area contributed by atoms with Crippen molar-refractivity contribution in [3.05, 3.63) is 56.7 Å². The molecule has 0 aliphatic carbocycles. The van der Waals surface area contributed by atoms with Crippen LogP contribution in [-0.2, 0) is 11.2 Å². The second-order valence-electron chi connectivity index (χ2n) is 6.20. The number of aromatic nitrogens is 1. The fourth-order valence-electron chi connectivity index (χ4n) is 2.42. The third-order valence-electron chi connectivity index (χ3n) is 3.58. The number of carbonyl (C=O) groups is 2. The van der Waals surface area contributed by atoms with Crippen LogP contribution in [0.15, 0.2) is 40.4 Å². The van der Waals surface area contributed by atoms with Gasteiger partial charge in [0.05, 0.1) is 23.4 Å². The minimum Gasteiger partial charge on any atom is -0.350 e. The number of nitrogens with one attached hydrogen (secondary N) is 2. The fraction of sp³-hybridized carbons (Fsp3) is 0.211. The lowest BCUT2D eigenvalue weighted by molar-refractivity contribution is -0.115. The molecule has 1 aromatic carbocycles. The maximum absolute atomic E-state index is 12.5. The molecular weight excluding hydrogens is 402 g/mol. The van der Waals surface area contributed by atoms with E-state index in [4.69, 9.17) is 11.6 Å². The van der Waals surface area contributed by atoms with Gasteiger partial charge < -0.3 is 10.6 Å². The van der Waals surface area contributed by atoms with Gasteiger partial charge in [-0.3, -0.25) is 9.59 Å². The number of hydrogen-bond acceptors (Lipinski definition) is 5. The van der Waals surface area contributed by atoms with Crippen LogP contribution in [0.5, 0.6) is 0 Å². The smallest absolute Gasteiger partial charge is 0.253 e. The topological polar surface area (TPSA) is 71.1 Å². The Labute approximate surface area is 170 Å². The zero-order valence-corrected chi connectivity index (χ0v) is 17.2. The molecule has 8 heteroatoms. The predicted molar refractivity (Wildman–Crippen MR) is 112 cm³/mol. The molecule has 0 spiro atoms. The number of amides is 2. The highest BCUT2D eigenvalue weighted by atomic mass is 35.5. The van der Waals surface area contributed by atoms with Gasteiger partial charge in [0.15, 0.2) is 0 Å². The van der Waals surface area contributed by atoms with Crippen molar-refractivity contribution in [1.82, 2.24) is 10.3 Å². The van der Waals surface area contributed by atoms with Crippen LogP contribution in [0.3, 0.4) is 0 Å². The van der Waals surface area contributed by atoms with E-state index in [9.17, 15) is 9.59 Å². The number of thiophene rings is 1. The van der Waals surface area contributed by atoms with Crippen molar-refractivity contribution in [3.8, 4) is 10.6 Å². The minimum absolute atomic E-state index is 0.0118. The summed E-state index contributed by atoms with van der Waals surface area (Å²) < 4.78 is 0. The number of thiazole rings is 1. The zero-order valence-electron chi connectivity index (χ0n) is 14.8.